The molecule has 0 spiro atoms. The van der Waals surface area contributed by atoms with Crippen molar-refractivity contribution in [3.8, 4) is 0 Å². The minimum absolute atomic E-state index is 0.208. The summed E-state index contributed by atoms with van der Waals surface area (Å²) in [7, 11) is -1.83. The van der Waals surface area contributed by atoms with Gasteiger partial charge in [0.15, 0.2) is 0 Å². The number of carbonyl (C=O) groups excluding carboxylic acids is 1. The molecule has 1 atom stereocenters. The Morgan fingerprint density at radius 2 is 2.11 bits per heavy atom. The van der Waals surface area contributed by atoms with E-state index >= 15 is 0 Å². The molecular weight excluding hydrogens is 362 g/mol. The summed E-state index contributed by atoms with van der Waals surface area (Å²) >= 11 is 0. The SMILES string of the molecule is CC1CCCN(S(=O)(=O)c2cc(C(=O)NCCC3=CCCCC3)n(C)c2)C1. The number of sulfonamides is 1. The van der Waals surface area contributed by atoms with Crippen molar-refractivity contribution >= 4 is 15.9 Å². The van der Waals surface area contributed by atoms with Gasteiger partial charge in [0.25, 0.3) is 5.91 Å². The third-order valence-corrected chi connectivity index (χ3v) is 7.42. The number of hydrogen-bond acceptors (Lipinski definition) is 3. The second kappa shape index (κ2) is 8.61. The van der Waals surface area contributed by atoms with Gasteiger partial charge in [-0.3, -0.25) is 4.79 Å². The van der Waals surface area contributed by atoms with Crippen molar-refractivity contribution in [2.24, 2.45) is 13.0 Å². The Hall–Kier alpha value is -1.60. The molecule has 1 aromatic heterocycles. The largest absolute Gasteiger partial charge is 0.350 e. The molecule has 1 aliphatic heterocycles. The fourth-order valence-corrected chi connectivity index (χ4v) is 5.64. The van der Waals surface area contributed by atoms with Gasteiger partial charge in [0.1, 0.15) is 10.6 Å². The lowest BCUT2D eigenvalue weighted by molar-refractivity contribution is 0.0946. The average Bonchev–Trinajstić information content (AvgIpc) is 3.05. The van der Waals surface area contributed by atoms with E-state index < -0.39 is 10.0 Å². The van der Waals surface area contributed by atoms with Gasteiger partial charge < -0.3 is 9.88 Å². The van der Waals surface area contributed by atoms with E-state index in [-0.39, 0.29) is 10.8 Å². The molecule has 1 aromatic rings. The van der Waals surface area contributed by atoms with Crippen LogP contribution in [0.25, 0.3) is 0 Å². The molecular formula is C20H31N3O3S. The number of aryl methyl sites for hydroxylation is 1. The predicted octanol–water partition coefficient (Wildman–Crippen LogP) is 3.07. The van der Waals surface area contributed by atoms with Gasteiger partial charge in [-0.05, 0) is 56.9 Å². The number of piperidine rings is 1. The van der Waals surface area contributed by atoms with Gasteiger partial charge in [-0.2, -0.15) is 4.31 Å². The highest BCUT2D eigenvalue weighted by Crippen LogP contribution is 2.25. The van der Waals surface area contributed by atoms with Crippen molar-refractivity contribution in [1.82, 2.24) is 14.2 Å². The highest BCUT2D eigenvalue weighted by Gasteiger charge is 2.30. The molecule has 1 N–H and O–H groups in total. The molecule has 27 heavy (non-hydrogen) atoms. The second-order valence-electron chi connectivity index (χ2n) is 7.90. The highest BCUT2D eigenvalue weighted by atomic mass is 32.2. The number of rotatable bonds is 6. The fraction of sp³-hybridized carbons (Fsp3) is 0.650. The standard InChI is InChI=1S/C20H31N3O3S/c1-16-7-6-12-23(14-16)27(25,26)18-13-19(22(2)15-18)20(24)21-11-10-17-8-4-3-5-9-17/h8,13,15-16H,3-7,9-12,14H2,1-2H3,(H,21,24). The summed E-state index contributed by atoms with van der Waals surface area (Å²) in [6.45, 7) is 3.76. The number of aromatic nitrogens is 1. The lowest BCUT2D eigenvalue weighted by Gasteiger charge is -2.29. The molecule has 3 rings (SSSR count). The smallest absolute Gasteiger partial charge is 0.267 e. The lowest BCUT2D eigenvalue weighted by atomic mass is 9.97. The average molecular weight is 394 g/mol. The third kappa shape index (κ3) is 4.82. The quantitative estimate of drug-likeness (QED) is 0.755. The molecule has 7 heteroatoms. The highest BCUT2D eigenvalue weighted by molar-refractivity contribution is 7.89. The summed E-state index contributed by atoms with van der Waals surface area (Å²) in [4.78, 5) is 12.7. The van der Waals surface area contributed by atoms with Crippen molar-refractivity contribution in [3.63, 3.8) is 0 Å². The Labute approximate surface area is 162 Å². The van der Waals surface area contributed by atoms with Crippen LogP contribution in [0.2, 0.25) is 0 Å². The van der Waals surface area contributed by atoms with Crippen LogP contribution < -0.4 is 5.32 Å². The monoisotopic (exact) mass is 393 g/mol. The summed E-state index contributed by atoms with van der Waals surface area (Å²) in [6, 6.07) is 1.50. The maximum atomic E-state index is 12.9. The number of allylic oxidation sites excluding steroid dienone is 1. The molecule has 0 radical (unpaired) electrons. The molecule has 1 saturated heterocycles. The van der Waals surface area contributed by atoms with E-state index in [1.54, 1.807) is 22.1 Å². The molecule has 2 aliphatic rings. The van der Waals surface area contributed by atoms with Crippen LogP contribution in [0.5, 0.6) is 0 Å². The van der Waals surface area contributed by atoms with Crippen LogP contribution >= 0.6 is 0 Å². The summed E-state index contributed by atoms with van der Waals surface area (Å²) in [5, 5.41) is 2.93. The molecule has 2 heterocycles. The summed E-state index contributed by atoms with van der Waals surface area (Å²) in [5.41, 5.74) is 1.80. The first kappa shape index (κ1) is 20.1. The van der Waals surface area contributed by atoms with Crippen LogP contribution in [-0.2, 0) is 17.1 Å². The van der Waals surface area contributed by atoms with Crippen LogP contribution in [0, 0.1) is 5.92 Å². The topological polar surface area (TPSA) is 71.4 Å². The number of amides is 1. The van der Waals surface area contributed by atoms with E-state index in [1.165, 1.54) is 24.5 Å². The Kier molecular flexibility index (Phi) is 6.42. The minimum atomic E-state index is -3.54. The molecule has 6 nitrogen and oxygen atoms in total. The number of nitrogens with zero attached hydrogens (tertiary/aromatic N) is 2. The predicted molar refractivity (Wildman–Crippen MR) is 106 cm³/mol. The van der Waals surface area contributed by atoms with E-state index in [1.807, 2.05) is 0 Å². The van der Waals surface area contributed by atoms with Gasteiger partial charge in [-0.15, -0.1) is 0 Å². The van der Waals surface area contributed by atoms with Crippen LogP contribution in [0.15, 0.2) is 28.8 Å². The number of hydrogen-bond donors (Lipinski definition) is 1. The first-order valence-electron chi connectivity index (χ1n) is 10.0. The molecule has 150 valence electrons. The van der Waals surface area contributed by atoms with Crippen molar-refractivity contribution in [1.29, 1.82) is 0 Å². The minimum Gasteiger partial charge on any atom is -0.350 e. The van der Waals surface area contributed by atoms with Gasteiger partial charge in [0.2, 0.25) is 10.0 Å². The maximum absolute atomic E-state index is 12.9. The van der Waals surface area contributed by atoms with E-state index in [9.17, 15) is 13.2 Å². The Balaban J connectivity index is 1.64. The van der Waals surface area contributed by atoms with Gasteiger partial charge in [0.05, 0.1) is 0 Å². The number of nitrogens with one attached hydrogen (secondary N) is 1. The zero-order valence-electron chi connectivity index (χ0n) is 16.4. The first-order valence-corrected chi connectivity index (χ1v) is 11.4. The molecule has 0 saturated carbocycles. The lowest BCUT2D eigenvalue weighted by Crippen LogP contribution is -2.38. The van der Waals surface area contributed by atoms with E-state index in [0.717, 1.165) is 32.1 Å². The van der Waals surface area contributed by atoms with Gasteiger partial charge in [-0.1, -0.05) is 18.6 Å². The molecule has 1 aliphatic carbocycles. The van der Waals surface area contributed by atoms with Crippen LogP contribution in [0.3, 0.4) is 0 Å². The van der Waals surface area contributed by atoms with E-state index in [0.29, 0.717) is 31.2 Å². The van der Waals surface area contributed by atoms with Crippen molar-refractivity contribution in [3.05, 3.63) is 29.6 Å². The second-order valence-corrected chi connectivity index (χ2v) is 9.83. The Bertz CT molecular complexity index is 810. The third-order valence-electron chi connectivity index (χ3n) is 5.59. The molecule has 0 aromatic carbocycles. The van der Waals surface area contributed by atoms with Gasteiger partial charge in [0, 0.05) is 32.9 Å². The van der Waals surface area contributed by atoms with Crippen LogP contribution in [0.4, 0.5) is 0 Å². The van der Waals surface area contributed by atoms with E-state index in [4.69, 9.17) is 0 Å². The molecule has 1 fully saturated rings. The van der Waals surface area contributed by atoms with Crippen LogP contribution in [-0.4, -0.2) is 42.8 Å². The normalized spacial score (nSPS) is 21.7. The van der Waals surface area contributed by atoms with Gasteiger partial charge in [-0.25, -0.2) is 8.42 Å². The van der Waals surface area contributed by atoms with Gasteiger partial charge >= 0.3 is 0 Å². The molecule has 0 bridgehead atoms. The van der Waals surface area contributed by atoms with Crippen molar-refractivity contribution < 1.29 is 13.2 Å². The summed E-state index contributed by atoms with van der Waals surface area (Å²) in [6.07, 6.45) is 11.4. The Morgan fingerprint density at radius 3 is 2.81 bits per heavy atom. The first-order chi connectivity index (χ1) is 12.9. The Morgan fingerprint density at radius 1 is 1.30 bits per heavy atom. The summed E-state index contributed by atoms with van der Waals surface area (Å²) < 4.78 is 29.0. The van der Waals surface area contributed by atoms with Crippen molar-refractivity contribution in [2.75, 3.05) is 19.6 Å². The summed E-state index contributed by atoms with van der Waals surface area (Å²) in [5.74, 6) is 0.150. The molecule has 1 unspecified atom stereocenters. The molecule has 1 amide bonds. The maximum Gasteiger partial charge on any atom is 0.267 e. The van der Waals surface area contributed by atoms with Crippen molar-refractivity contribution in [2.45, 2.75) is 56.8 Å². The van der Waals surface area contributed by atoms with E-state index in [2.05, 4.69) is 18.3 Å². The van der Waals surface area contributed by atoms with Crippen LogP contribution in [0.1, 0.15) is 62.4 Å². The zero-order valence-corrected chi connectivity index (χ0v) is 17.2. The number of carbonyl (C=O) groups is 1. The zero-order chi connectivity index (χ0) is 19.4. The fourth-order valence-electron chi connectivity index (χ4n) is 3.97.